The minimum atomic E-state index is -0.217. The van der Waals surface area contributed by atoms with Gasteiger partial charge >= 0.3 is 0 Å². The monoisotopic (exact) mass is 359 g/mol. The standard InChI is InChI=1S/C20H29N3O3/c1-21-10-8-17(9-11-21)22(2)20(25)16-12-19(24)23(14-16)13-15-4-6-18(26-3)7-5-15/h4-7,16-17H,8-14H2,1-3H3. The molecule has 2 aliphatic rings. The van der Waals surface area contributed by atoms with Crippen LogP contribution in [-0.2, 0) is 16.1 Å². The molecule has 0 saturated carbocycles. The van der Waals surface area contributed by atoms with Crippen LogP contribution >= 0.6 is 0 Å². The molecule has 6 heteroatoms. The van der Waals surface area contributed by atoms with Crippen molar-refractivity contribution in [2.75, 3.05) is 40.8 Å². The molecule has 1 atom stereocenters. The number of amides is 2. The largest absolute Gasteiger partial charge is 0.497 e. The van der Waals surface area contributed by atoms with E-state index in [0.29, 0.717) is 25.6 Å². The number of carbonyl (C=O) groups is 2. The predicted molar refractivity (Wildman–Crippen MR) is 99.8 cm³/mol. The van der Waals surface area contributed by atoms with E-state index in [0.717, 1.165) is 37.2 Å². The van der Waals surface area contributed by atoms with Crippen molar-refractivity contribution < 1.29 is 14.3 Å². The van der Waals surface area contributed by atoms with Crippen molar-refractivity contribution in [1.82, 2.24) is 14.7 Å². The summed E-state index contributed by atoms with van der Waals surface area (Å²) in [5, 5.41) is 0. The number of rotatable bonds is 5. The van der Waals surface area contributed by atoms with Gasteiger partial charge in [-0.05, 0) is 50.7 Å². The molecule has 2 fully saturated rings. The van der Waals surface area contributed by atoms with Gasteiger partial charge in [-0.2, -0.15) is 0 Å². The predicted octanol–water partition coefficient (Wildman–Crippen LogP) is 1.60. The zero-order chi connectivity index (χ0) is 18.7. The third-order valence-corrected chi connectivity index (χ3v) is 5.68. The quantitative estimate of drug-likeness (QED) is 0.801. The lowest BCUT2D eigenvalue weighted by Crippen LogP contribution is -2.46. The van der Waals surface area contributed by atoms with Crippen LogP contribution in [0, 0.1) is 5.92 Å². The van der Waals surface area contributed by atoms with E-state index in [1.54, 1.807) is 12.0 Å². The van der Waals surface area contributed by atoms with Crippen LogP contribution in [0.1, 0.15) is 24.8 Å². The molecule has 0 radical (unpaired) electrons. The molecule has 1 unspecified atom stereocenters. The van der Waals surface area contributed by atoms with Crippen LogP contribution in [0.2, 0.25) is 0 Å². The zero-order valence-electron chi connectivity index (χ0n) is 16.0. The van der Waals surface area contributed by atoms with Gasteiger partial charge in [-0.1, -0.05) is 12.1 Å². The van der Waals surface area contributed by atoms with Crippen molar-refractivity contribution in [3.63, 3.8) is 0 Å². The average molecular weight is 359 g/mol. The molecule has 3 rings (SSSR count). The molecule has 2 aliphatic heterocycles. The van der Waals surface area contributed by atoms with Crippen LogP contribution in [0.25, 0.3) is 0 Å². The van der Waals surface area contributed by atoms with E-state index in [1.165, 1.54) is 0 Å². The van der Waals surface area contributed by atoms with E-state index < -0.39 is 0 Å². The van der Waals surface area contributed by atoms with Gasteiger partial charge in [-0.25, -0.2) is 0 Å². The fraction of sp³-hybridized carbons (Fsp3) is 0.600. The highest BCUT2D eigenvalue weighted by molar-refractivity contribution is 5.89. The Morgan fingerprint density at radius 3 is 2.50 bits per heavy atom. The molecule has 2 saturated heterocycles. The molecular formula is C20H29N3O3. The van der Waals surface area contributed by atoms with E-state index in [1.807, 2.05) is 36.2 Å². The second kappa shape index (κ2) is 8.08. The van der Waals surface area contributed by atoms with Crippen molar-refractivity contribution >= 4 is 11.8 Å². The second-order valence-corrected chi connectivity index (χ2v) is 7.51. The van der Waals surface area contributed by atoms with Crippen LogP contribution in [0.5, 0.6) is 5.75 Å². The van der Waals surface area contributed by atoms with Gasteiger partial charge in [0.15, 0.2) is 0 Å². The van der Waals surface area contributed by atoms with Crippen LogP contribution in [0.3, 0.4) is 0 Å². The summed E-state index contributed by atoms with van der Waals surface area (Å²) in [5.74, 6) is 0.765. The third-order valence-electron chi connectivity index (χ3n) is 5.68. The average Bonchev–Trinajstić information content (AvgIpc) is 3.02. The number of methoxy groups -OCH3 is 1. The van der Waals surface area contributed by atoms with Gasteiger partial charge in [0.25, 0.3) is 0 Å². The molecule has 0 bridgehead atoms. The van der Waals surface area contributed by atoms with E-state index in [2.05, 4.69) is 11.9 Å². The number of likely N-dealkylation sites (tertiary alicyclic amines) is 2. The first-order valence-corrected chi connectivity index (χ1v) is 9.34. The van der Waals surface area contributed by atoms with Gasteiger partial charge in [0.2, 0.25) is 11.8 Å². The topological polar surface area (TPSA) is 53.1 Å². The molecule has 142 valence electrons. The van der Waals surface area contributed by atoms with Crippen molar-refractivity contribution in [1.29, 1.82) is 0 Å². The van der Waals surface area contributed by atoms with Gasteiger partial charge in [-0.3, -0.25) is 9.59 Å². The Hall–Kier alpha value is -2.08. The van der Waals surface area contributed by atoms with Crippen LogP contribution in [0.4, 0.5) is 0 Å². The van der Waals surface area contributed by atoms with Crippen LogP contribution in [0.15, 0.2) is 24.3 Å². The molecule has 1 aromatic carbocycles. The summed E-state index contributed by atoms with van der Waals surface area (Å²) in [6.45, 7) is 3.11. The first-order chi connectivity index (χ1) is 12.5. The Labute approximate surface area is 155 Å². The van der Waals surface area contributed by atoms with E-state index in [-0.39, 0.29) is 17.7 Å². The molecule has 0 aromatic heterocycles. The maximum atomic E-state index is 12.9. The summed E-state index contributed by atoms with van der Waals surface area (Å²) in [6.07, 6.45) is 2.34. The molecular weight excluding hydrogens is 330 g/mol. The van der Waals surface area contributed by atoms with Crippen molar-refractivity contribution in [2.45, 2.75) is 31.8 Å². The number of ether oxygens (including phenoxy) is 1. The number of nitrogens with zero attached hydrogens (tertiary/aromatic N) is 3. The van der Waals surface area contributed by atoms with Gasteiger partial charge in [0, 0.05) is 32.6 Å². The minimum absolute atomic E-state index is 0.0657. The van der Waals surface area contributed by atoms with Gasteiger partial charge in [0.05, 0.1) is 13.0 Å². The van der Waals surface area contributed by atoms with E-state index >= 15 is 0 Å². The fourth-order valence-electron chi connectivity index (χ4n) is 3.89. The van der Waals surface area contributed by atoms with Crippen LogP contribution in [-0.4, -0.2) is 73.4 Å². The van der Waals surface area contributed by atoms with E-state index in [4.69, 9.17) is 4.74 Å². The molecule has 0 aliphatic carbocycles. The minimum Gasteiger partial charge on any atom is -0.497 e. The molecule has 6 nitrogen and oxygen atoms in total. The maximum Gasteiger partial charge on any atom is 0.227 e. The Kier molecular flexibility index (Phi) is 5.81. The number of hydrogen-bond donors (Lipinski definition) is 0. The molecule has 0 spiro atoms. The first-order valence-electron chi connectivity index (χ1n) is 9.34. The first kappa shape index (κ1) is 18.7. The lowest BCUT2D eigenvalue weighted by Gasteiger charge is -2.36. The fourth-order valence-corrected chi connectivity index (χ4v) is 3.89. The number of hydrogen-bond acceptors (Lipinski definition) is 4. The Morgan fingerprint density at radius 2 is 1.88 bits per heavy atom. The number of benzene rings is 1. The van der Waals surface area contributed by atoms with E-state index in [9.17, 15) is 9.59 Å². The molecule has 0 N–H and O–H groups in total. The summed E-state index contributed by atoms with van der Waals surface area (Å²) >= 11 is 0. The van der Waals surface area contributed by atoms with Gasteiger partial charge < -0.3 is 19.4 Å². The van der Waals surface area contributed by atoms with Gasteiger partial charge in [-0.15, -0.1) is 0 Å². The zero-order valence-corrected chi connectivity index (χ0v) is 16.0. The molecule has 2 heterocycles. The highest BCUT2D eigenvalue weighted by atomic mass is 16.5. The Balaban J connectivity index is 1.56. The van der Waals surface area contributed by atoms with Crippen LogP contribution < -0.4 is 4.74 Å². The van der Waals surface area contributed by atoms with Crippen molar-refractivity contribution in [3.05, 3.63) is 29.8 Å². The molecule has 1 aromatic rings. The summed E-state index contributed by atoms with van der Waals surface area (Å²) in [6, 6.07) is 8.01. The Bertz CT molecular complexity index is 638. The molecule has 26 heavy (non-hydrogen) atoms. The third kappa shape index (κ3) is 4.18. The highest BCUT2D eigenvalue weighted by Crippen LogP contribution is 2.25. The number of carbonyl (C=O) groups excluding carboxylic acids is 2. The maximum absolute atomic E-state index is 12.9. The summed E-state index contributed by atoms with van der Waals surface area (Å²) in [5.41, 5.74) is 1.05. The van der Waals surface area contributed by atoms with Crippen molar-refractivity contribution in [2.24, 2.45) is 5.92 Å². The summed E-state index contributed by atoms with van der Waals surface area (Å²) in [4.78, 5) is 31.2. The SMILES string of the molecule is COc1ccc(CN2CC(C(=O)N(C)C3CCN(C)CC3)CC2=O)cc1. The molecule has 2 amide bonds. The Morgan fingerprint density at radius 1 is 1.23 bits per heavy atom. The van der Waals surface area contributed by atoms with Crippen molar-refractivity contribution in [3.8, 4) is 5.75 Å². The lowest BCUT2D eigenvalue weighted by molar-refractivity contribution is -0.137. The number of piperidine rings is 1. The summed E-state index contributed by atoms with van der Waals surface area (Å²) < 4.78 is 5.17. The van der Waals surface area contributed by atoms with Gasteiger partial charge in [0.1, 0.15) is 5.75 Å². The summed E-state index contributed by atoms with van der Waals surface area (Å²) in [7, 11) is 5.65. The normalized spacial score (nSPS) is 21.9. The highest BCUT2D eigenvalue weighted by Gasteiger charge is 2.37. The lowest BCUT2D eigenvalue weighted by atomic mass is 10.0. The smallest absolute Gasteiger partial charge is 0.227 e. The second-order valence-electron chi connectivity index (χ2n) is 7.51.